The van der Waals surface area contributed by atoms with Gasteiger partial charge in [0.1, 0.15) is 18.1 Å². The number of ether oxygens (including phenoxy) is 2. The van der Waals surface area contributed by atoms with Gasteiger partial charge in [0.2, 0.25) is 5.91 Å². The van der Waals surface area contributed by atoms with Crippen molar-refractivity contribution in [3.05, 3.63) is 88.7 Å². The molecule has 0 saturated heterocycles. The molecule has 0 bridgehead atoms. The molecule has 0 aliphatic heterocycles. The number of aryl methyl sites for hydroxylation is 1. The summed E-state index contributed by atoms with van der Waals surface area (Å²) in [5.74, 6) is 2.15. The maximum atomic E-state index is 12.6. The van der Waals surface area contributed by atoms with E-state index in [2.05, 4.69) is 31.4 Å². The molecule has 1 N–H and O–H groups in total. The molecule has 0 spiro atoms. The molecule has 4 rings (SSSR count). The first-order valence-electron chi connectivity index (χ1n) is 10.5. The average Bonchev–Trinajstić information content (AvgIpc) is 3.26. The van der Waals surface area contributed by atoms with Gasteiger partial charge in [0.05, 0.1) is 18.6 Å². The molecular weight excluding hydrogens is 516 g/mol. The number of thioether (sulfide) groups is 1. The number of nitrogens with zero attached hydrogens (tertiary/aromatic N) is 3. The third-order valence-electron chi connectivity index (χ3n) is 4.87. The van der Waals surface area contributed by atoms with E-state index in [0.717, 1.165) is 32.9 Å². The van der Waals surface area contributed by atoms with Gasteiger partial charge in [-0.1, -0.05) is 36.0 Å². The number of hydrogen-bond acceptors (Lipinski definition) is 6. The number of carbonyl (C=O) groups excluding carboxylic acids is 1. The Morgan fingerprint density at radius 2 is 1.79 bits per heavy atom. The Morgan fingerprint density at radius 3 is 2.50 bits per heavy atom. The lowest BCUT2D eigenvalue weighted by molar-refractivity contribution is -0.113. The molecular formula is C25H23BrN4O3S. The fourth-order valence-corrected chi connectivity index (χ4v) is 4.54. The Labute approximate surface area is 210 Å². The van der Waals surface area contributed by atoms with Crippen molar-refractivity contribution in [3.8, 4) is 17.2 Å². The van der Waals surface area contributed by atoms with E-state index in [1.54, 1.807) is 7.11 Å². The smallest absolute Gasteiger partial charge is 0.234 e. The van der Waals surface area contributed by atoms with Gasteiger partial charge in [-0.2, -0.15) is 0 Å². The quantitative estimate of drug-likeness (QED) is 0.277. The molecule has 4 aromatic rings. The van der Waals surface area contributed by atoms with E-state index in [0.29, 0.717) is 11.0 Å². The molecule has 0 unspecified atom stereocenters. The summed E-state index contributed by atoms with van der Waals surface area (Å²) in [5, 5.41) is 12.2. The average molecular weight is 539 g/mol. The van der Waals surface area contributed by atoms with Gasteiger partial charge in [-0.25, -0.2) is 0 Å². The van der Waals surface area contributed by atoms with Crippen molar-refractivity contribution in [1.29, 1.82) is 0 Å². The summed E-state index contributed by atoms with van der Waals surface area (Å²) in [4.78, 5) is 12.6. The van der Waals surface area contributed by atoms with Crippen LogP contribution in [0.1, 0.15) is 11.4 Å². The van der Waals surface area contributed by atoms with Crippen molar-refractivity contribution >= 4 is 39.3 Å². The second kappa shape index (κ2) is 11.2. The van der Waals surface area contributed by atoms with Crippen LogP contribution in [0.2, 0.25) is 0 Å². The molecule has 1 heterocycles. The van der Waals surface area contributed by atoms with Crippen LogP contribution >= 0.6 is 27.7 Å². The van der Waals surface area contributed by atoms with E-state index in [1.165, 1.54) is 11.8 Å². The number of amides is 1. The Morgan fingerprint density at radius 1 is 1.03 bits per heavy atom. The first-order valence-corrected chi connectivity index (χ1v) is 12.3. The summed E-state index contributed by atoms with van der Waals surface area (Å²) in [6.45, 7) is 2.23. The normalized spacial score (nSPS) is 10.7. The van der Waals surface area contributed by atoms with Gasteiger partial charge in [0.15, 0.2) is 11.0 Å². The monoisotopic (exact) mass is 538 g/mol. The Balaban J connectivity index is 1.52. The highest BCUT2D eigenvalue weighted by molar-refractivity contribution is 9.10. The fourth-order valence-electron chi connectivity index (χ4n) is 3.18. The summed E-state index contributed by atoms with van der Waals surface area (Å²) >= 11 is 4.80. The van der Waals surface area contributed by atoms with E-state index < -0.39 is 0 Å². The molecule has 0 saturated carbocycles. The van der Waals surface area contributed by atoms with Crippen LogP contribution in [0.15, 0.2) is 82.4 Å². The Hall–Kier alpha value is -3.30. The molecule has 0 atom stereocenters. The molecule has 3 aromatic carbocycles. The first-order chi connectivity index (χ1) is 16.5. The lowest BCUT2D eigenvalue weighted by Crippen LogP contribution is -2.15. The Kier molecular flexibility index (Phi) is 7.87. The number of nitrogens with one attached hydrogen (secondary N) is 1. The van der Waals surface area contributed by atoms with Crippen molar-refractivity contribution in [2.45, 2.75) is 18.7 Å². The highest BCUT2D eigenvalue weighted by Crippen LogP contribution is 2.26. The second-order valence-corrected chi connectivity index (χ2v) is 9.15. The third kappa shape index (κ3) is 5.98. The zero-order valence-electron chi connectivity index (χ0n) is 18.7. The molecule has 1 amide bonds. The zero-order valence-corrected chi connectivity index (χ0v) is 21.1. The highest BCUT2D eigenvalue weighted by Gasteiger charge is 2.17. The number of aromatic nitrogens is 3. The molecule has 1 aromatic heterocycles. The van der Waals surface area contributed by atoms with Gasteiger partial charge in [0.25, 0.3) is 0 Å². The number of halogens is 1. The minimum Gasteiger partial charge on any atom is -0.497 e. The number of benzene rings is 3. The van der Waals surface area contributed by atoms with Crippen LogP contribution in [-0.4, -0.2) is 33.5 Å². The molecule has 0 radical (unpaired) electrons. The second-order valence-electron chi connectivity index (χ2n) is 7.35. The molecule has 7 nitrogen and oxygen atoms in total. The van der Waals surface area contributed by atoms with Crippen LogP contribution < -0.4 is 14.8 Å². The molecule has 0 fully saturated rings. The van der Waals surface area contributed by atoms with Crippen molar-refractivity contribution in [3.63, 3.8) is 0 Å². The summed E-state index contributed by atoms with van der Waals surface area (Å²) in [6.07, 6.45) is 0. The van der Waals surface area contributed by atoms with Crippen LogP contribution in [-0.2, 0) is 11.4 Å². The van der Waals surface area contributed by atoms with Gasteiger partial charge in [-0.05, 0) is 76.9 Å². The number of hydrogen-bond donors (Lipinski definition) is 1. The van der Waals surface area contributed by atoms with E-state index >= 15 is 0 Å². The maximum absolute atomic E-state index is 12.6. The largest absolute Gasteiger partial charge is 0.497 e. The summed E-state index contributed by atoms with van der Waals surface area (Å²) in [5.41, 5.74) is 2.68. The SMILES string of the molecule is COc1ccc(-n2c(COc3ccccc3)nnc2SCC(=O)Nc2ccc(C)cc2Br)cc1. The third-order valence-corrected chi connectivity index (χ3v) is 6.46. The van der Waals surface area contributed by atoms with Gasteiger partial charge in [-0.3, -0.25) is 9.36 Å². The summed E-state index contributed by atoms with van der Waals surface area (Å²) in [7, 11) is 1.62. The number of methoxy groups -OCH3 is 1. The number of anilines is 1. The Bertz CT molecular complexity index is 1260. The first kappa shape index (κ1) is 23.8. The van der Waals surface area contributed by atoms with Crippen LogP contribution in [0.3, 0.4) is 0 Å². The number of carbonyl (C=O) groups is 1. The molecule has 0 aliphatic carbocycles. The van der Waals surface area contributed by atoms with Gasteiger partial charge in [-0.15, -0.1) is 10.2 Å². The lowest BCUT2D eigenvalue weighted by Gasteiger charge is -2.12. The van der Waals surface area contributed by atoms with Crippen molar-refractivity contribution in [1.82, 2.24) is 14.8 Å². The standard InChI is InChI=1S/C25H23BrN4O3S/c1-17-8-13-22(21(26)14-17)27-24(31)16-34-25-29-28-23(15-33-20-6-4-3-5-7-20)30(25)18-9-11-19(32-2)12-10-18/h3-14H,15-16H2,1-2H3,(H,27,31). The van der Waals surface area contributed by atoms with E-state index in [9.17, 15) is 4.79 Å². The molecule has 34 heavy (non-hydrogen) atoms. The number of para-hydroxylation sites is 1. The van der Waals surface area contributed by atoms with Crippen LogP contribution in [0.5, 0.6) is 11.5 Å². The van der Waals surface area contributed by atoms with Gasteiger partial charge < -0.3 is 14.8 Å². The fraction of sp³-hybridized carbons (Fsp3) is 0.160. The van der Waals surface area contributed by atoms with Crippen LogP contribution in [0.25, 0.3) is 5.69 Å². The molecule has 0 aliphatic rings. The van der Waals surface area contributed by atoms with E-state index in [4.69, 9.17) is 9.47 Å². The summed E-state index contributed by atoms with van der Waals surface area (Å²) in [6, 6.07) is 22.9. The molecule has 174 valence electrons. The lowest BCUT2D eigenvalue weighted by atomic mass is 10.2. The van der Waals surface area contributed by atoms with Crippen molar-refractivity contribution < 1.29 is 14.3 Å². The zero-order chi connectivity index (χ0) is 23.9. The highest BCUT2D eigenvalue weighted by atomic mass is 79.9. The van der Waals surface area contributed by atoms with Crippen molar-refractivity contribution in [2.75, 3.05) is 18.2 Å². The van der Waals surface area contributed by atoms with Gasteiger partial charge >= 0.3 is 0 Å². The minimum atomic E-state index is -0.138. The van der Waals surface area contributed by atoms with Crippen LogP contribution in [0.4, 0.5) is 5.69 Å². The van der Waals surface area contributed by atoms with Crippen molar-refractivity contribution in [2.24, 2.45) is 0 Å². The van der Waals surface area contributed by atoms with Gasteiger partial charge in [0, 0.05) is 10.2 Å². The minimum absolute atomic E-state index is 0.138. The predicted octanol–water partition coefficient (Wildman–Crippen LogP) is 5.66. The number of rotatable bonds is 9. The topological polar surface area (TPSA) is 78.3 Å². The van der Waals surface area contributed by atoms with E-state index in [-0.39, 0.29) is 18.3 Å². The van der Waals surface area contributed by atoms with Crippen LogP contribution in [0, 0.1) is 6.92 Å². The predicted molar refractivity (Wildman–Crippen MR) is 137 cm³/mol. The maximum Gasteiger partial charge on any atom is 0.234 e. The van der Waals surface area contributed by atoms with E-state index in [1.807, 2.05) is 84.3 Å². The summed E-state index contributed by atoms with van der Waals surface area (Å²) < 4.78 is 13.9. The molecule has 9 heteroatoms.